The highest BCUT2D eigenvalue weighted by Gasteiger charge is 2.19. The van der Waals surface area contributed by atoms with Crippen LogP contribution in [0.15, 0.2) is 73.1 Å². The van der Waals surface area contributed by atoms with Crippen LogP contribution in [0.5, 0.6) is 5.75 Å². The number of para-hydroxylation sites is 2. The molecule has 0 amide bonds. The number of hydrogen-bond donors (Lipinski definition) is 0. The molecule has 168 valence electrons. The summed E-state index contributed by atoms with van der Waals surface area (Å²) in [4.78, 5) is 16.5. The van der Waals surface area contributed by atoms with Gasteiger partial charge in [0.2, 0.25) is 0 Å². The zero-order valence-corrected chi connectivity index (χ0v) is 18.9. The maximum Gasteiger partial charge on any atom is 0.142 e. The Morgan fingerprint density at radius 2 is 1.44 bits per heavy atom. The summed E-state index contributed by atoms with van der Waals surface area (Å²) in [6, 6.07) is 20.6. The van der Waals surface area contributed by atoms with Gasteiger partial charge in [0.25, 0.3) is 0 Å². The minimum atomic E-state index is 0.846. The van der Waals surface area contributed by atoms with Crippen LogP contribution in [0.3, 0.4) is 0 Å². The number of piperazine rings is 1. The van der Waals surface area contributed by atoms with Crippen molar-refractivity contribution in [2.45, 2.75) is 19.5 Å². The summed E-state index contributed by atoms with van der Waals surface area (Å²) in [5.41, 5.74) is 3.41. The molecule has 0 unspecified atom stereocenters. The molecule has 0 atom stereocenters. The van der Waals surface area contributed by atoms with Gasteiger partial charge < -0.3 is 9.64 Å². The van der Waals surface area contributed by atoms with E-state index in [0.29, 0.717) is 0 Å². The number of ether oxygens (including phenoxy) is 1. The molecular weight excluding hydrogens is 398 g/mol. The van der Waals surface area contributed by atoms with Crippen LogP contribution in [0.2, 0.25) is 0 Å². The van der Waals surface area contributed by atoms with E-state index < -0.39 is 0 Å². The number of anilines is 1. The fourth-order valence-electron chi connectivity index (χ4n) is 4.28. The van der Waals surface area contributed by atoms with Crippen LogP contribution in [-0.4, -0.2) is 66.1 Å². The Balaban J connectivity index is 1.27. The maximum absolute atomic E-state index is 5.54. The van der Waals surface area contributed by atoms with Gasteiger partial charge in [-0.2, -0.15) is 0 Å². The zero-order chi connectivity index (χ0) is 22.0. The Kier molecular flexibility index (Phi) is 8.06. The number of methoxy groups -OCH3 is 1. The maximum atomic E-state index is 5.54. The summed E-state index contributed by atoms with van der Waals surface area (Å²) in [6.07, 6.45) is 4.87. The van der Waals surface area contributed by atoms with Crippen molar-refractivity contribution >= 4 is 5.69 Å². The lowest BCUT2D eigenvalue weighted by atomic mass is 10.2. The first kappa shape index (κ1) is 22.2. The Morgan fingerprint density at radius 3 is 2.03 bits per heavy atom. The Labute approximate surface area is 191 Å². The first-order chi connectivity index (χ1) is 15.8. The Morgan fingerprint density at radius 1 is 0.812 bits per heavy atom. The number of aromatic nitrogens is 2. The standard InChI is InChI=1S/C26H33N5O/c1-32-26-12-3-2-11-25(26)31-19-17-29(18-20-31)15-8-16-30(21-23-9-4-6-13-27-23)22-24-10-5-7-14-28-24/h2-7,9-14H,8,15-22H2,1H3. The predicted molar refractivity (Wildman–Crippen MR) is 129 cm³/mol. The van der Waals surface area contributed by atoms with E-state index in [2.05, 4.69) is 61.1 Å². The van der Waals surface area contributed by atoms with Gasteiger partial charge in [-0.05, 0) is 49.4 Å². The molecule has 1 saturated heterocycles. The van der Waals surface area contributed by atoms with Gasteiger partial charge in [-0.15, -0.1) is 0 Å². The third kappa shape index (κ3) is 6.28. The van der Waals surface area contributed by atoms with Gasteiger partial charge in [0, 0.05) is 58.2 Å². The van der Waals surface area contributed by atoms with Gasteiger partial charge in [-0.25, -0.2) is 0 Å². The first-order valence-electron chi connectivity index (χ1n) is 11.4. The summed E-state index contributed by atoms with van der Waals surface area (Å²) in [6.45, 7) is 8.06. The van der Waals surface area contributed by atoms with Gasteiger partial charge >= 0.3 is 0 Å². The molecule has 0 radical (unpaired) electrons. The summed E-state index contributed by atoms with van der Waals surface area (Å²) >= 11 is 0. The van der Waals surface area contributed by atoms with Gasteiger partial charge in [-0.1, -0.05) is 24.3 Å². The van der Waals surface area contributed by atoms with Crippen LogP contribution in [-0.2, 0) is 13.1 Å². The van der Waals surface area contributed by atoms with Crippen molar-refractivity contribution in [2.24, 2.45) is 0 Å². The number of benzene rings is 1. The van der Waals surface area contributed by atoms with Crippen molar-refractivity contribution in [1.82, 2.24) is 19.8 Å². The third-order valence-electron chi connectivity index (χ3n) is 5.97. The van der Waals surface area contributed by atoms with Crippen molar-refractivity contribution in [2.75, 3.05) is 51.3 Å². The van der Waals surface area contributed by atoms with Gasteiger partial charge in [0.15, 0.2) is 0 Å². The topological polar surface area (TPSA) is 44.7 Å². The van der Waals surface area contributed by atoms with Crippen LogP contribution in [0, 0.1) is 0 Å². The van der Waals surface area contributed by atoms with E-state index in [1.807, 2.05) is 36.7 Å². The van der Waals surface area contributed by atoms with Crippen LogP contribution in [0.25, 0.3) is 0 Å². The summed E-state index contributed by atoms with van der Waals surface area (Å²) in [7, 11) is 1.75. The summed E-state index contributed by atoms with van der Waals surface area (Å²) < 4.78 is 5.54. The molecule has 2 aromatic heterocycles. The highest BCUT2D eigenvalue weighted by Crippen LogP contribution is 2.28. The van der Waals surface area contributed by atoms with E-state index in [1.54, 1.807) is 7.11 Å². The largest absolute Gasteiger partial charge is 0.495 e. The summed E-state index contributed by atoms with van der Waals surface area (Å²) in [5, 5.41) is 0. The molecule has 3 heterocycles. The average Bonchev–Trinajstić information content (AvgIpc) is 2.86. The molecule has 1 aliphatic heterocycles. The number of rotatable bonds is 10. The molecular formula is C26H33N5O. The molecule has 6 heteroatoms. The smallest absolute Gasteiger partial charge is 0.142 e. The van der Waals surface area contributed by atoms with E-state index in [-0.39, 0.29) is 0 Å². The fourth-order valence-corrected chi connectivity index (χ4v) is 4.28. The SMILES string of the molecule is COc1ccccc1N1CCN(CCCN(Cc2ccccn2)Cc2ccccn2)CC1. The molecule has 1 aromatic carbocycles. The summed E-state index contributed by atoms with van der Waals surface area (Å²) in [5.74, 6) is 0.959. The first-order valence-corrected chi connectivity index (χ1v) is 11.4. The molecule has 0 spiro atoms. The van der Waals surface area contributed by atoms with Crippen LogP contribution in [0.1, 0.15) is 17.8 Å². The van der Waals surface area contributed by atoms with E-state index >= 15 is 0 Å². The van der Waals surface area contributed by atoms with Crippen molar-refractivity contribution in [1.29, 1.82) is 0 Å². The second-order valence-electron chi connectivity index (χ2n) is 8.21. The molecule has 0 aliphatic carbocycles. The third-order valence-corrected chi connectivity index (χ3v) is 5.97. The average molecular weight is 432 g/mol. The Bertz CT molecular complexity index is 888. The van der Waals surface area contributed by atoms with Crippen LogP contribution in [0.4, 0.5) is 5.69 Å². The fraction of sp³-hybridized carbons (Fsp3) is 0.385. The van der Waals surface area contributed by atoms with Crippen molar-refractivity contribution in [3.63, 3.8) is 0 Å². The minimum Gasteiger partial charge on any atom is -0.495 e. The highest BCUT2D eigenvalue weighted by atomic mass is 16.5. The minimum absolute atomic E-state index is 0.846. The predicted octanol–water partition coefficient (Wildman–Crippen LogP) is 3.70. The second kappa shape index (κ2) is 11.6. The molecule has 1 aliphatic rings. The lowest BCUT2D eigenvalue weighted by Gasteiger charge is -2.37. The number of nitrogens with zero attached hydrogens (tertiary/aromatic N) is 5. The normalized spacial score (nSPS) is 14.6. The van der Waals surface area contributed by atoms with Gasteiger partial charge in [0.1, 0.15) is 5.75 Å². The van der Waals surface area contributed by atoms with Gasteiger partial charge in [-0.3, -0.25) is 19.8 Å². The van der Waals surface area contributed by atoms with E-state index in [9.17, 15) is 0 Å². The number of hydrogen-bond acceptors (Lipinski definition) is 6. The van der Waals surface area contributed by atoms with Gasteiger partial charge in [0.05, 0.1) is 24.2 Å². The van der Waals surface area contributed by atoms with Crippen LogP contribution < -0.4 is 9.64 Å². The second-order valence-corrected chi connectivity index (χ2v) is 8.21. The lowest BCUT2D eigenvalue weighted by Crippen LogP contribution is -2.47. The van der Waals surface area contributed by atoms with E-state index in [1.165, 1.54) is 5.69 Å². The Hall–Kier alpha value is -2.96. The van der Waals surface area contributed by atoms with Crippen molar-refractivity contribution in [3.8, 4) is 5.75 Å². The lowest BCUT2D eigenvalue weighted by molar-refractivity contribution is 0.207. The monoisotopic (exact) mass is 431 g/mol. The molecule has 0 saturated carbocycles. The quantitative estimate of drug-likeness (QED) is 0.488. The van der Waals surface area contributed by atoms with E-state index in [4.69, 9.17) is 4.74 Å². The van der Waals surface area contributed by atoms with E-state index in [0.717, 1.165) is 75.9 Å². The highest BCUT2D eigenvalue weighted by molar-refractivity contribution is 5.58. The van der Waals surface area contributed by atoms with Crippen molar-refractivity contribution < 1.29 is 4.74 Å². The molecule has 0 bridgehead atoms. The van der Waals surface area contributed by atoms with Crippen LogP contribution >= 0.6 is 0 Å². The molecule has 32 heavy (non-hydrogen) atoms. The molecule has 3 aromatic rings. The molecule has 1 fully saturated rings. The zero-order valence-electron chi connectivity index (χ0n) is 18.9. The number of pyridine rings is 2. The molecule has 6 nitrogen and oxygen atoms in total. The van der Waals surface area contributed by atoms with Crippen molar-refractivity contribution in [3.05, 3.63) is 84.4 Å². The molecule has 4 rings (SSSR count). The molecule has 0 N–H and O–H groups in total.